The lowest BCUT2D eigenvalue weighted by molar-refractivity contribution is 0.456. The molecule has 1 unspecified atom stereocenters. The molecule has 0 spiro atoms. The molecule has 150 valence electrons. The first kappa shape index (κ1) is 19.5. The Morgan fingerprint density at radius 3 is 2.83 bits per heavy atom. The molecule has 7 nitrogen and oxygen atoms in total. The van der Waals surface area contributed by atoms with Gasteiger partial charge in [0.25, 0.3) is 0 Å². The molecule has 0 aliphatic rings. The molecule has 0 saturated heterocycles. The van der Waals surface area contributed by atoms with Crippen LogP contribution in [0.25, 0.3) is 21.7 Å². The number of nitrogens with one attached hydrogen (secondary N) is 2. The van der Waals surface area contributed by atoms with E-state index in [1.54, 1.807) is 42.9 Å². The molecular formula is C21H22N4O3S. The molecule has 0 saturated carbocycles. The van der Waals surface area contributed by atoms with Gasteiger partial charge in [0.2, 0.25) is 10.0 Å². The first-order chi connectivity index (χ1) is 14.0. The van der Waals surface area contributed by atoms with Crippen molar-refractivity contribution in [1.29, 1.82) is 0 Å². The van der Waals surface area contributed by atoms with E-state index in [0.29, 0.717) is 6.54 Å². The number of aromatic nitrogens is 2. The molecule has 8 heteroatoms. The SMILES string of the molecule is CC(CNCCc1ccc2oncc2c1)NS(=O)(=O)c1ccc2cnccc2c1. The molecule has 4 aromatic rings. The molecule has 0 fully saturated rings. The maximum Gasteiger partial charge on any atom is 0.240 e. The maximum absolute atomic E-state index is 12.7. The number of rotatable bonds is 8. The number of nitrogens with zero attached hydrogens (tertiary/aromatic N) is 2. The van der Waals surface area contributed by atoms with Crippen LogP contribution in [0.1, 0.15) is 12.5 Å². The molecule has 0 aliphatic heterocycles. The first-order valence-electron chi connectivity index (χ1n) is 9.41. The summed E-state index contributed by atoms with van der Waals surface area (Å²) in [6.45, 7) is 3.12. The van der Waals surface area contributed by atoms with Crippen molar-refractivity contribution < 1.29 is 12.9 Å². The molecule has 0 amide bonds. The monoisotopic (exact) mass is 410 g/mol. The second-order valence-corrected chi connectivity index (χ2v) is 8.77. The number of hydrogen-bond acceptors (Lipinski definition) is 6. The van der Waals surface area contributed by atoms with Crippen molar-refractivity contribution in [2.24, 2.45) is 0 Å². The summed E-state index contributed by atoms with van der Waals surface area (Å²) in [5.41, 5.74) is 1.95. The van der Waals surface area contributed by atoms with Crippen molar-refractivity contribution in [3.63, 3.8) is 0 Å². The van der Waals surface area contributed by atoms with Gasteiger partial charge in [-0.2, -0.15) is 0 Å². The van der Waals surface area contributed by atoms with Crippen molar-refractivity contribution in [3.8, 4) is 0 Å². The van der Waals surface area contributed by atoms with Crippen LogP contribution in [0.4, 0.5) is 0 Å². The second-order valence-electron chi connectivity index (χ2n) is 7.06. The van der Waals surface area contributed by atoms with E-state index in [1.807, 2.05) is 19.1 Å². The lowest BCUT2D eigenvalue weighted by Crippen LogP contribution is -2.40. The van der Waals surface area contributed by atoms with E-state index in [4.69, 9.17) is 4.52 Å². The number of fused-ring (bicyclic) bond motifs is 2. The molecule has 0 aliphatic carbocycles. The van der Waals surface area contributed by atoms with Gasteiger partial charge in [-0.15, -0.1) is 0 Å². The zero-order valence-corrected chi connectivity index (χ0v) is 16.8. The van der Waals surface area contributed by atoms with E-state index in [2.05, 4.69) is 26.2 Å². The summed E-state index contributed by atoms with van der Waals surface area (Å²) in [6.07, 6.45) is 5.90. The van der Waals surface area contributed by atoms with Crippen LogP contribution in [-0.4, -0.2) is 37.7 Å². The molecule has 0 radical (unpaired) electrons. The molecule has 4 rings (SSSR count). The molecule has 2 aromatic heterocycles. The minimum absolute atomic E-state index is 0.242. The Hall–Kier alpha value is -2.81. The van der Waals surface area contributed by atoms with Crippen LogP contribution in [-0.2, 0) is 16.4 Å². The molecule has 2 aromatic carbocycles. The van der Waals surface area contributed by atoms with Gasteiger partial charge < -0.3 is 9.84 Å². The molecule has 29 heavy (non-hydrogen) atoms. The van der Waals surface area contributed by atoms with Crippen LogP contribution in [0.15, 0.2) is 70.5 Å². The van der Waals surface area contributed by atoms with Crippen LogP contribution >= 0.6 is 0 Å². The van der Waals surface area contributed by atoms with Crippen molar-refractivity contribution in [2.75, 3.05) is 13.1 Å². The molecule has 0 bridgehead atoms. The van der Waals surface area contributed by atoms with Gasteiger partial charge in [0.15, 0.2) is 5.58 Å². The lowest BCUT2D eigenvalue weighted by Gasteiger charge is -2.15. The molecule has 2 heterocycles. The Balaban J connectivity index is 1.30. The fourth-order valence-electron chi connectivity index (χ4n) is 3.23. The van der Waals surface area contributed by atoms with Crippen LogP contribution < -0.4 is 10.0 Å². The van der Waals surface area contributed by atoms with Crippen LogP contribution in [0.2, 0.25) is 0 Å². The second kappa shape index (κ2) is 8.28. The highest BCUT2D eigenvalue weighted by molar-refractivity contribution is 7.89. The van der Waals surface area contributed by atoms with Crippen molar-refractivity contribution in [3.05, 3.63) is 66.6 Å². The van der Waals surface area contributed by atoms with Crippen LogP contribution in [0.5, 0.6) is 0 Å². The van der Waals surface area contributed by atoms with Gasteiger partial charge in [-0.05, 0) is 61.2 Å². The fraction of sp³-hybridized carbons (Fsp3) is 0.238. The van der Waals surface area contributed by atoms with Crippen molar-refractivity contribution in [2.45, 2.75) is 24.3 Å². The zero-order valence-electron chi connectivity index (χ0n) is 16.0. The van der Waals surface area contributed by atoms with E-state index in [1.165, 1.54) is 5.56 Å². The number of pyridine rings is 1. The Morgan fingerprint density at radius 1 is 1.03 bits per heavy atom. The first-order valence-corrected chi connectivity index (χ1v) is 10.9. The average molecular weight is 410 g/mol. The minimum atomic E-state index is -3.59. The van der Waals surface area contributed by atoms with Crippen molar-refractivity contribution in [1.82, 2.24) is 20.2 Å². The Labute approximate surface area is 169 Å². The van der Waals surface area contributed by atoms with Gasteiger partial charge in [-0.3, -0.25) is 4.98 Å². The lowest BCUT2D eigenvalue weighted by atomic mass is 10.1. The normalized spacial score (nSPS) is 13.1. The third kappa shape index (κ3) is 4.61. The smallest absolute Gasteiger partial charge is 0.240 e. The Morgan fingerprint density at radius 2 is 1.93 bits per heavy atom. The predicted molar refractivity (Wildman–Crippen MR) is 112 cm³/mol. The summed E-state index contributed by atoms with van der Waals surface area (Å²) in [5.74, 6) is 0. The average Bonchev–Trinajstić information content (AvgIpc) is 3.18. The molecule has 1 atom stereocenters. The van der Waals surface area contributed by atoms with Gasteiger partial charge in [-0.25, -0.2) is 13.1 Å². The van der Waals surface area contributed by atoms with E-state index >= 15 is 0 Å². The quantitative estimate of drug-likeness (QED) is 0.434. The highest BCUT2D eigenvalue weighted by Gasteiger charge is 2.17. The number of sulfonamides is 1. The topological polar surface area (TPSA) is 97.1 Å². The maximum atomic E-state index is 12.7. The van der Waals surface area contributed by atoms with Crippen LogP contribution in [0.3, 0.4) is 0 Å². The van der Waals surface area contributed by atoms with E-state index in [0.717, 1.165) is 34.7 Å². The molecular weight excluding hydrogens is 388 g/mol. The third-order valence-electron chi connectivity index (χ3n) is 4.74. The summed E-state index contributed by atoms with van der Waals surface area (Å²) in [4.78, 5) is 4.30. The summed E-state index contributed by atoms with van der Waals surface area (Å²) >= 11 is 0. The summed E-state index contributed by atoms with van der Waals surface area (Å²) in [6, 6.07) is 12.6. The van der Waals surface area contributed by atoms with Crippen molar-refractivity contribution >= 4 is 31.8 Å². The summed E-state index contributed by atoms with van der Waals surface area (Å²) < 4.78 is 33.2. The number of hydrogen-bond donors (Lipinski definition) is 2. The van der Waals surface area contributed by atoms with E-state index < -0.39 is 10.0 Å². The highest BCUT2D eigenvalue weighted by Crippen LogP contribution is 2.18. The Bertz CT molecular complexity index is 1240. The van der Waals surface area contributed by atoms with E-state index in [-0.39, 0.29) is 10.9 Å². The highest BCUT2D eigenvalue weighted by atomic mass is 32.2. The third-order valence-corrected chi connectivity index (χ3v) is 6.32. The Kier molecular flexibility index (Phi) is 5.57. The van der Waals surface area contributed by atoms with Gasteiger partial charge in [0, 0.05) is 35.8 Å². The number of benzene rings is 2. The van der Waals surface area contributed by atoms with Gasteiger partial charge in [0.1, 0.15) is 0 Å². The van der Waals surface area contributed by atoms with E-state index in [9.17, 15) is 8.42 Å². The standard InChI is InChI=1S/C21H22N4O3S/c1-15(12-22-8-6-16-2-5-21-19(10-16)14-24-28-21)25-29(26,27)20-4-3-18-13-23-9-7-17(18)11-20/h2-5,7,9-11,13-15,22,25H,6,8,12H2,1H3. The molecule has 2 N–H and O–H groups in total. The van der Waals surface area contributed by atoms with Gasteiger partial charge in [-0.1, -0.05) is 17.3 Å². The van der Waals surface area contributed by atoms with Gasteiger partial charge in [0.05, 0.1) is 11.1 Å². The predicted octanol–water partition coefficient (Wildman–Crippen LogP) is 2.88. The zero-order chi connectivity index (χ0) is 20.3. The van der Waals surface area contributed by atoms with Crippen LogP contribution in [0, 0.1) is 0 Å². The summed E-state index contributed by atoms with van der Waals surface area (Å²) in [5, 5.41) is 9.82. The van der Waals surface area contributed by atoms with Gasteiger partial charge >= 0.3 is 0 Å². The summed E-state index contributed by atoms with van der Waals surface area (Å²) in [7, 11) is -3.59. The minimum Gasteiger partial charge on any atom is -0.356 e. The fourth-order valence-corrected chi connectivity index (χ4v) is 4.51. The largest absolute Gasteiger partial charge is 0.356 e.